The van der Waals surface area contributed by atoms with Crippen LogP contribution in [0.3, 0.4) is 0 Å². The van der Waals surface area contributed by atoms with E-state index in [9.17, 15) is 23.3 Å². The predicted octanol–water partition coefficient (Wildman–Crippen LogP) is 6.96. The molecule has 1 atom stereocenters. The fraction of sp³-hybridized carbons (Fsp3) is 0.364. The molecule has 0 amide bonds. The number of hydrogen-bond acceptors (Lipinski definition) is 8. The molecule has 0 radical (unpaired) electrons. The van der Waals surface area contributed by atoms with Crippen LogP contribution in [-0.4, -0.2) is 46.6 Å². The molecule has 1 aromatic heterocycles. The molecule has 0 N–H and O–H groups in total. The second-order valence-electron chi connectivity index (χ2n) is 11.4. The zero-order valence-corrected chi connectivity index (χ0v) is 24.9. The molecule has 46 heavy (non-hydrogen) atoms. The van der Waals surface area contributed by atoms with Crippen LogP contribution in [0.25, 0.3) is 0 Å². The van der Waals surface area contributed by atoms with Gasteiger partial charge in [-0.2, -0.15) is 0 Å². The first-order valence-corrected chi connectivity index (χ1v) is 15.1. The quantitative estimate of drug-likeness (QED) is 0.128. The lowest BCUT2D eigenvalue weighted by Crippen LogP contribution is -2.34. The molecular formula is C33H33F3N4O6. The summed E-state index contributed by atoms with van der Waals surface area (Å²) in [6.07, 6.45) is 0.274. The average molecular weight is 639 g/mol. The summed E-state index contributed by atoms with van der Waals surface area (Å²) in [7, 11) is 0. The smallest absolute Gasteiger partial charge is 0.490 e. The zero-order chi connectivity index (χ0) is 32.1. The minimum absolute atomic E-state index is 0.218. The van der Waals surface area contributed by atoms with E-state index in [-0.39, 0.29) is 30.3 Å². The second-order valence-corrected chi connectivity index (χ2v) is 11.4. The SMILES string of the molecule is O=[N+]([O-])c1cn2c(n1)O[C@H](COc1ccc(N3CCC(Cc4ccc(OCc5ccc(OC(F)(F)F)cc5)cc4)CC3)cc1)CC2. The van der Waals surface area contributed by atoms with E-state index in [4.69, 9.17) is 14.2 Å². The van der Waals surface area contributed by atoms with Gasteiger partial charge in [0.25, 0.3) is 0 Å². The summed E-state index contributed by atoms with van der Waals surface area (Å²) in [5.74, 6) is 1.54. The average Bonchev–Trinajstić information content (AvgIpc) is 3.48. The fourth-order valence-corrected chi connectivity index (χ4v) is 5.68. The van der Waals surface area contributed by atoms with Crippen LogP contribution in [-0.2, 0) is 19.6 Å². The Labute approximate surface area is 263 Å². The maximum absolute atomic E-state index is 12.3. The minimum Gasteiger partial charge on any atom is -0.490 e. The van der Waals surface area contributed by atoms with Crippen molar-refractivity contribution in [2.75, 3.05) is 24.6 Å². The number of aryl methyl sites for hydroxylation is 1. The second kappa shape index (κ2) is 13.6. The van der Waals surface area contributed by atoms with Crippen molar-refractivity contribution in [2.45, 2.75) is 51.3 Å². The number of anilines is 1. The highest BCUT2D eigenvalue weighted by atomic mass is 19.4. The standard InChI is InChI=1S/C33H33F3N4O6/c34-33(35,36)46-29-9-3-25(4-10-29)21-43-27-7-1-23(2-8-27)19-24-13-16-38(17-14-24)26-5-11-28(12-6-26)44-22-30-15-18-39-20-31(40(41)42)37-32(39)45-30/h1-12,20,24,30H,13-19,21-22H2/t30-/m0/s1. The molecule has 0 spiro atoms. The van der Waals surface area contributed by atoms with E-state index in [1.165, 1.54) is 23.9 Å². The Morgan fingerprint density at radius 1 is 0.848 bits per heavy atom. The van der Waals surface area contributed by atoms with E-state index in [0.29, 0.717) is 31.2 Å². The summed E-state index contributed by atoms with van der Waals surface area (Å²) in [4.78, 5) is 16.7. The lowest BCUT2D eigenvalue weighted by molar-refractivity contribution is -0.389. The molecule has 2 aliphatic rings. The van der Waals surface area contributed by atoms with Crippen molar-refractivity contribution in [2.24, 2.45) is 5.92 Å². The first-order valence-electron chi connectivity index (χ1n) is 15.1. The number of aromatic nitrogens is 2. The maximum Gasteiger partial charge on any atom is 0.573 e. The lowest BCUT2D eigenvalue weighted by Gasteiger charge is -2.34. The molecule has 13 heteroatoms. The molecular weight excluding hydrogens is 605 g/mol. The van der Waals surface area contributed by atoms with Crippen LogP contribution in [0.1, 0.15) is 30.4 Å². The number of nitro groups is 1. The van der Waals surface area contributed by atoms with Crippen molar-refractivity contribution in [1.29, 1.82) is 0 Å². The van der Waals surface area contributed by atoms with Crippen molar-refractivity contribution in [3.05, 3.63) is 100 Å². The van der Waals surface area contributed by atoms with Crippen molar-refractivity contribution < 1.29 is 37.0 Å². The van der Waals surface area contributed by atoms with Gasteiger partial charge in [0.1, 0.15) is 42.8 Å². The first kappa shape index (κ1) is 31.1. The number of rotatable bonds is 11. The highest BCUT2D eigenvalue weighted by Crippen LogP contribution is 2.29. The number of ether oxygens (including phenoxy) is 4. The van der Waals surface area contributed by atoms with E-state index in [0.717, 1.165) is 49.4 Å². The van der Waals surface area contributed by atoms with Gasteiger partial charge in [0.05, 0.1) is 0 Å². The highest BCUT2D eigenvalue weighted by Gasteiger charge is 2.31. The summed E-state index contributed by atoms with van der Waals surface area (Å²) in [5.41, 5.74) is 3.13. The maximum atomic E-state index is 12.3. The topological polar surface area (TPSA) is 101 Å². The normalized spacial score (nSPS) is 16.8. The third kappa shape index (κ3) is 8.20. The van der Waals surface area contributed by atoms with Crippen molar-refractivity contribution in [1.82, 2.24) is 9.55 Å². The van der Waals surface area contributed by atoms with E-state index < -0.39 is 11.3 Å². The largest absolute Gasteiger partial charge is 0.573 e. The van der Waals surface area contributed by atoms with E-state index >= 15 is 0 Å². The predicted molar refractivity (Wildman–Crippen MR) is 162 cm³/mol. The molecule has 0 aliphatic carbocycles. The Bertz CT molecular complexity index is 1600. The number of fused-ring (bicyclic) bond motifs is 1. The van der Waals surface area contributed by atoms with Gasteiger partial charge in [0, 0.05) is 36.7 Å². The van der Waals surface area contributed by atoms with Crippen LogP contribution in [0.2, 0.25) is 0 Å². The van der Waals surface area contributed by atoms with Gasteiger partial charge in [-0.25, -0.2) is 0 Å². The summed E-state index contributed by atoms with van der Waals surface area (Å²) >= 11 is 0. The van der Waals surface area contributed by atoms with Gasteiger partial charge in [0.2, 0.25) is 0 Å². The summed E-state index contributed by atoms with van der Waals surface area (Å²) in [5, 5.41) is 11.0. The number of alkyl halides is 3. The molecule has 0 bridgehead atoms. The molecule has 1 fully saturated rings. The molecule has 10 nitrogen and oxygen atoms in total. The molecule has 3 heterocycles. The summed E-state index contributed by atoms with van der Waals surface area (Å²) in [6.45, 7) is 3.09. The van der Waals surface area contributed by atoms with Crippen LogP contribution in [0.15, 0.2) is 79.0 Å². The Morgan fingerprint density at radius 2 is 1.48 bits per heavy atom. The van der Waals surface area contributed by atoms with E-state index in [1.54, 1.807) is 16.7 Å². The van der Waals surface area contributed by atoms with Gasteiger partial charge in [-0.1, -0.05) is 24.3 Å². The monoisotopic (exact) mass is 638 g/mol. The zero-order valence-electron chi connectivity index (χ0n) is 24.9. The Balaban J connectivity index is 0.906. The Hall–Kier alpha value is -4.94. The molecule has 1 saturated heterocycles. The number of piperidine rings is 1. The van der Waals surface area contributed by atoms with Crippen LogP contribution in [0.5, 0.6) is 23.3 Å². The van der Waals surface area contributed by atoms with Gasteiger partial charge < -0.3 is 34.0 Å². The van der Waals surface area contributed by atoms with Crippen LogP contribution >= 0.6 is 0 Å². The fourth-order valence-electron chi connectivity index (χ4n) is 5.68. The minimum atomic E-state index is -4.71. The van der Waals surface area contributed by atoms with Gasteiger partial charge in [0.15, 0.2) is 0 Å². The number of hydrogen-bond donors (Lipinski definition) is 0. The number of benzene rings is 3. The number of imidazole rings is 1. The summed E-state index contributed by atoms with van der Waals surface area (Å²) in [6, 6.07) is 21.9. The first-order chi connectivity index (χ1) is 22.2. The van der Waals surface area contributed by atoms with Gasteiger partial charge >= 0.3 is 18.2 Å². The van der Waals surface area contributed by atoms with Crippen LogP contribution in [0, 0.1) is 16.0 Å². The molecule has 0 saturated carbocycles. The lowest BCUT2D eigenvalue weighted by atomic mass is 9.90. The third-order valence-electron chi connectivity index (χ3n) is 8.14. The van der Waals surface area contributed by atoms with Gasteiger partial charge in [-0.3, -0.25) is 4.57 Å². The molecule has 4 aromatic rings. The molecule has 242 valence electrons. The molecule has 0 unspecified atom stereocenters. The number of halogens is 3. The molecule has 6 rings (SSSR count). The Morgan fingerprint density at radius 3 is 2.15 bits per heavy atom. The molecule has 2 aliphatic heterocycles. The van der Waals surface area contributed by atoms with Crippen molar-refractivity contribution in [3.63, 3.8) is 0 Å². The van der Waals surface area contributed by atoms with Gasteiger partial charge in [-0.15, -0.1) is 13.2 Å². The molecule has 3 aromatic carbocycles. The van der Waals surface area contributed by atoms with Crippen molar-refractivity contribution in [3.8, 4) is 23.3 Å². The van der Waals surface area contributed by atoms with Crippen LogP contribution < -0.4 is 23.8 Å². The van der Waals surface area contributed by atoms with Gasteiger partial charge in [-0.05, 0) is 89.8 Å². The number of nitrogens with zero attached hydrogens (tertiary/aromatic N) is 4. The van der Waals surface area contributed by atoms with Crippen LogP contribution in [0.4, 0.5) is 24.7 Å². The van der Waals surface area contributed by atoms with E-state index in [2.05, 4.69) is 38.9 Å². The highest BCUT2D eigenvalue weighted by molar-refractivity contribution is 5.49. The Kier molecular flexibility index (Phi) is 9.18. The summed E-state index contributed by atoms with van der Waals surface area (Å²) < 4.78 is 60.1. The third-order valence-corrected chi connectivity index (χ3v) is 8.14. The van der Waals surface area contributed by atoms with E-state index in [1.807, 2.05) is 24.3 Å². The van der Waals surface area contributed by atoms with Crippen molar-refractivity contribution >= 4 is 11.5 Å².